The monoisotopic (exact) mass is 331 g/mol. The lowest BCUT2D eigenvalue weighted by Gasteiger charge is -2.21. The summed E-state index contributed by atoms with van der Waals surface area (Å²) in [6.07, 6.45) is 6.40. The van der Waals surface area contributed by atoms with Crippen LogP contribution in [-0.2, 0) is 0 Å². The molecule has 1 saturated carbocycles. The molecule has 1 fully saturated rings. The van der Waals surface area contributed by atoms with Gasteiger partial charge in [0.2, 0.25) is 0 Å². The van der Waals surface area contributed by atoms with Crippen LogP contribution in [0.1, 0.15) is 62.7 Å². The van der Waals surface area contributed by atoms with Crippen molar-refractivity contribution < 1.29 is 9.59 Å². The molecule has 0 aliphatic heterocycles. The van der Waals surface area contributed by atoms with E-state index >= 15 is 0 Å². The summed E-state index contributed by atoms with van der Waals surface area (Å²) in [7, 11) is 0. The van der Waals surface area contributed by atoms with E-state index in [1.165, 1.54) is 12.8 Å². The topological polar surface area (TPSA) is 61.4 Å². The van der Waals surface area contributed by atoms with Gasteiger partial charge in [0.1, 0.15) is 0 Å². The maximum absolute atomic E-state index is 12.5. The molecule has 1 aromatic rings. The minimum absolute atomic E-state index is 0.0562. The Bertz CT molecular complexity index is 530. The fourth-order valence-corrected chi connectivity index (χ4v) is 3.16. The zero-order chi connectivity index (χ0) is 17.4. The summed E-state index contributed by atoms with van der Waals surface area (Å²) in [5.41, 5.74) is 1.37. The van der Waals surface area contributed by atoms with Gasteiger partial charge in [0, 0.05) is 30.4 Å². The van der Waals surface area contributed by atoms with Gasteiger partial charge in [-0.3, -0.25) is 4.79 Å². The van der Waals surface area contributed by atoms with Crippen LogP contribution in [0.2, 0.25) is 0 Å². The molecule has 1 aliphatic rings. The van der Waals surface area contributed by atoms with Crippen LogP contribution in [0.5, 0.6) is 0 Å². The SMILES string of the molecule is CCCN(CCC)C(=O)c1ccc(NC(=O)NC2CCCC2)cc1. The summed E-state index contributed by atoms with van der Waals surface area (Å²) in [5.74, 6) is 0.0562. The predicted octanol–water partition coefficient (Wildman–Crippen LogP) is 4.01. The number of amides is 3. The standard InChI is InChI=1S/C19H29N3O2/c1-3-13-22(14-4-2)18(23)15-9-11-17(12-10-15)21-19(24)20-16-7-5-6-8-16/h9-12,16H,3-8,13-14H2,1-2H3,(H2,20,21,24). The zero-order valence-electron chi connectivity index (χ0n) is 14.8. The van der Waals surface area contributed by atoms with Gasteiger partial charge >= 0.3 is 6.03 Å². The van der Waals surface area contributed by atoms with Crippen molar-refractivity contribution in [2.75, 3.05) is 18.4 Å². The quantitative estimate of drug-likeness (QED) is 0.793. The number of benzene rings is 1. The van der Waals surface area contributed by atoms with E-state index in [2.05, 4.69) is 24.5 Å². The average Bonchev–Trinajstić information content (AvgIpc) is 3.07. The van der Waals surface area contributed by atoms with Gasteiger partial charge in [0.25, 0.3) is 5.91 Å². The van der Waals surface area contributed by atoms with Gasteiger partial charge in [-0.2, -0.15) is 0 Å². The number of hydrogen-bond donors (Lipinski definition) is 2. The molecular formula is C19H29N3O2. The molecule has 0 atom stereocenters. The summed E-state index contributed by atoms with van der Waals surface area (Å²) in [5, 5.41) is 5.83. The van der Waals surface area contributed by atoms with E-state index in [1.54, 1.807) is 24.3 Å². The van der Waals surface area contributed by atoms with Crippen molar-refractivity contribution in [2.24, 2.45) is 0 Å². The number of nitrogens with zero attached hydrogens (tertiary/aromatic N) is 1. The maximum atomic E-state index is 12.5. The molecule has 0 bridgehead atoms. The van der Waals surface area contributed by atoms with Gasteiger partial charge in [-0.1, -0.05) is 26.7 Å². The van der Waals surface area contributed by atoms with Crippen LogP contribution in [-0.4, -0.2) is 36.0 Å². The van der Waals surface area contributed by atoms with E-state index < -0.39 is 0 Å². The molecule has 0 aromatic heterocycles. The number of urea groups is 1. The first-order chi connectivity index (χ1) is 11.6. The zero-order valence-corrected chi connectivity index (χ0v) is 14.8. The molecule has 0 saturated heterocycles. The van der Waals surface area contributed by atoms with Gasteiger partial charge in [-0.15, -0.1) is 0 Å². The van der Waals surface area contributed by atoms with E-state index in [-0.39, 0.29) is 11.9 Å². The van der Waals surface area contributed by atoms with E-state index in [4.69, 9.17) is 0 Å². The fraction of sp³-hybridized carbons (Fsp3) is 0.579. The molecular weight excluding hydrogens is 302 g/mol. The Morgan fingerprint density at radius 1 is 1.04 bits per heavy atom. The number of anilines is 1. The lowest BCUT2D eigenvalue weighted by Crippen LogP contribution is -2.36. The van der Waals surface area contributed by atoms with Gasteiger partial charge in [-0.05, 0) is 49.9 Å². The van der Waals surface area contributed by atoms with Crippen LogP contribution >= 0.6 is 0 Å². The summed E-state index contributed by atoms with van der Waals surface area (Å²) in [6, 6.07) is 7.27. The molecule has 1 aliphatic carbocycles. The van der Waals surface area contributed by atoms with Crippen LogP contribution in [0.15, 0.2) is 24.3 Å². The highest BCUT2D eigenvalue weighted by Crippen LogP contribution is 2.18. The molecule has 0 radical (unpaired) electrons. The van der Waals surface area contributed by atoms with E-state index in [0.29, 0.717) is 17.3 Å². The number of carbonyl (C=O) groups excluding carboxylic acids is 2. The molecule has 5 heteroatoms. The first kappa shape index (κ1) is 18.3. The van der Waals surface area contributed by atoms with E-state index in [0.717, 1.165) is 38.8 Å². The smallest absolute Gasteiger partial charge is 0.319 e. The third-order valence-corrected chi connectivity index (χ3v) is 4.35. The van der Waals surface area contributed by atoms with Crippen molar-refractivity contribution in [3.05, 3.63) is 29.8 Å². The molecule has 132 valence electrons. The number of hydrogen-bond acceptors (Lipinski definition) is 2. The minimum Gasteiger partial charge on any atom is -0.339 e. The van der Waals surface area contributed by atoms with Crippen LogP contribution in [0.3, 0.4) is 0 Å². The third-order valence-electron chi connectivity index (χ3n) is 4.35. The lowest BCUT2D eigenvalue weighted by molar-refractivity contribution is 0.0755. The Hall–Kier alpha value is -2.04. The van der Waals surface area contributed by atoms with E-state index in [1.807, 2.05) is 4.90 Å². The molecule has 1 aromatic carbocycles. The maximum Gasteiger partial charge on any atom is 0.319 e. The van der Waals surface area contributed by atoms with Crippen LogP contribution in [0.25, 0.3) is 0 Å². The van der Waals surface area contributed by atoms with Gasteiger partial charge in [0.05, 0.1) is 0 Å². The summed E-state index contributed by atoms with van der Waals surface area (Å²) in [4.78, 5) is 26.4. The number of rotatable bonds is 7. The molecule has 2 rings (SSSR count). The highest BCUT2D eigenvalue weighted by atomic mass is 16.2. The first-order valence-corrected chi connectivity index (χ1v) is 9.11. The van der Waals surface area contributed by atoms with Crippen LogP contribution in [0, 0.1) is 0 Å². The van der Waals surface area contributed by atoms with Crippen molar-refractivity contribution >= 4 is 17.6 Å². The highest BCUT2D eigenvalue weighted by Gasteiger charge is 2.17. The predicted molar refractivity (Wildman–Crippen MR) is 97.3 cm³/mol. The lowest BCUT2D eigenvalue weighted by atomic mass is 10.1. The normalized spacial score (nSPS) is 14.4. The average molecular weight is 331 g/mol. The Labute approximate surface area is 144 Å². The fourth-order valence-electron chi connectivity index (χ4n) is 3.16. The largest absolute Gasteiger partial charge is 0.339 e. The highest BCUT2D eigenvalue weighted by molar-refractivity contribution is 5.95. The van der Waals surface area contributed by atoms with Crippen molar-refractivity contribution in [1.29, 1.82) is 0 Å². The van der Waals surface area contributed by atoms with Crippen molar-refractivity contribution in [3.8, 4) is 0 Å². The molecule has 5 nitrogen and oxygen atoms in total. The number of carbonyl (C=O) groups is 2. The second kappa shape index (κ2) is 9.30. The summed E-state index contributed by atoms with van der Waals surface area (Å²) >= 11 is 0. The molecule has 0 unspecified atom stereocenters. The first-order valence-electron chi connectivity index (χ1n) is 9.11. The summed E-state index contributed by atoms with van der Waals surface area (Å²) < 4.78 is 0. The molecule has 0 spiro atoms. The van der Waals surface area contributed by atoms with Crippen LogP contribution < -0.4 is 10.6 Å². The van der Waals surface area contributed by atoms with Crippen LogP contribution in [0.4, 0.5) is 10.5 Å². The summed E-state index contributed by atoms with van der Waals surface area (Å²) in [6.45, 7) is 5.70. The Kier molecular flexibility index (Phi) is 7.09. The Morgan fingerprint density at radius 3 is 2.17 bits per heavy atom. The molecule has 3 amide bonds. The van der Waals surface area contributed by atoms with Gasteiger partial charge < -0.3 is 15.5 Å². The Morgan fingerprint density at radius 2 is 1.62 bits per heavy atom. The molecule has 24 heavy (non-hydrogen) atoms. The third kappa shape index (κ3) is 5.25. The van der Waals surface area contributed by atoms with E-state index in [9.17, 15) is 9.59 Å². The van der Waals surface area contributed by atoms with Gasteiger partial charge in [-0.25, -0.2) is 4.79 Å². The van der Waals surface area contributed by atoms with Crippen molar-refractivity contribution in [2.45, 2.75) is 58.4 Å². The number of nitrogens with one attached hydrogen (secondary N) is 2. The molecule has 0 heterocycles. The second-order valence-corrected chi connectivity index (χ2v) is 6.45. The van der Waals surface area contributed by atoms with Crippen molar-refractivity contribution in [3.63, 3.8) is 0 Å². The molecule has 2 N–H and O–H groups in total. The van der Waals surface area contributed by atoms with Gasteiger partial charge in [0.15, 0.2) is 0 Å². The second-order valence-electron chi connectivity index (χ2n) is 6.45. The van der Waals surface area contributed by atoms with Crippen molar-refractivity contribution in [1.82, 2.24) is 10.2 Å². The minimum atomic E-state index is -0.167. The Balaban J connectivity index is 1.91.